The van der Waals surface area contributed by atoms with Crippen molar-refractivity contribution < 1.29 is 23.8 Å². The third kappa shape index (κ3) is 4.04. The van der Waals surface area contributed by atoms with Gasteiger partial charge in [-0.25, -0.2) is 0 Å². The minimum Gasteiger partial charge on any atom is -0.455 e. The van der Waals surface area contributed by atoms with Gasteiger partial charge in [-0.3, -0.25) is 9.59 Å². The van der Waals surface area contributed by atoms with E-state index in [1.807, 2.05) is 31.2 Å². The number of benzene rings is 2. The van der Waals surface area contributed by atoms with Crippen molar-refractivity contribution in [2.75, 3.05) is 18.7 Å². The molecule has 1 aliphatic rings. The van der Waals surface area contributed by atoms with Gasteiger partial charge >= 0.3 is 5.97 Å². The molecule has 2 aromatic rings. The molecule has 24 heavy (non-hydrogen) atoms. The summed E-state index contributed by atoms with van der Waals surface area (Å²) < 4.78 is 15.4. The van der Waals surface area contributed by atoms with Crippen molar-refractivity contribution in [3.8, 4) is 11.5 Å². The Morgan fingerprint density at radius 1 is 1.08 bits per heavy atom. The lowest BCUT2D eigenvalue weighted by molar-refractivity contribution is -0.146. The maximum absolute atomic E-state index is 11.9. The summed E-state index contributed by atoms with van der Waals surface area (Å²) in [6, 6.07) is 12.6. The van der Waals surface area contributed by atoms with E-state index < -0.39 is 11.9 Å². The molecular formula is C18H17NO5. The van der Waals surface area contributed by atoms with E-state index in [0.717, 1.165) is 11.1 Å². The lowest BCUT2D eigenvalue weighted by Gasteiger charge is -2.07. The first-order valence-corrected chi connectivity index (χ1v) is 7.51. The van der Waals surface area contributed by atoms with Crippen LogP contribution in [0, 0.1) is 6.92 Å². The Morgan fingerprint density at radius 2 is 1.83 bits per heavy atom. The van der Waals surface area contributed by atoms with Crippen molar-refractivity contribution in [1.82, 2.24) is 0 Å². The molecular weight excluding hydrogens is 310 g/mol. The van der Waals surface area contributed by atoms with Crippen LogP contribution in [0.3, 0.4) is 0 Å². The van der Waals surface area contributed by atoms with Gasteiger partial charge in [-0.2, -0.15) is 0 Å². The molecule has 1 heterocycles. The molecule has 1 N–H and O–H groups in total. The highest BCUT2D eigenvalue weighted by Gasteiger charge is 2.14. The number of ether oxygens (including phenoxy) is 3. The van der Waals surface area contributed by atoms with Crippen LogP contribution in [0.15, 0.2) is 42.5 Å². The van der Waals surface area contributed by atoms with E-state index in [2.05, 4.69) is 5.32 Å². The molecule has 0 aromatic heterocycles. The Labute approximate surface area is 139 Å². The molecule has 1 aliphatic heterocycles. The van der Waals surface area contributed by atoms with Crippen LogP contribution in [0.25, 0.3) is 0 Å². The van der Waals surface area contributed by atoms with Crippen molar-refractivity contribution in [3.05, 3.63) is 53.6 Å². The predicted octanol–water partition coefficient (Wildman–Crippen LogP) is 2.45. The number of aryl methyl sites for hydroxylation is 1. The Balaban J connectivity index is 1.46. The Kier molecular flexibility index (Phi) is 4.65. The van der Waals surface area contributed by atoms with Gasteiger partial charge < -0.3 is 19.5 Å². The fourth-order valence-electron chi connectivity index (χ4n) is 2.24. The van der Waals surface area contributed by atoms with Gasteiger partial charge in [0.2, 0.25) is 6.79 Å². The van der Waals surface area contributed by atoms with Gasteiger partial charge in [-0.15, -0.1) is 0 Å². The molecule has 1 amide bonds. The van der Waals surface area contributed by atoms with Gasteiger partial charge in [0.15, 0.2) is 18.1 Å². The van der Waals surface area contributed by atoms with Crippen LogP contribution in [-0.4, -0.2) is 25.3 Å². The summed E-state index contributed by atoms with van der Waals surface area (Å²) in [6.07, 6.45) is 0.136. The fourth-order valence-corrected chi connectivity index (χ4v) is 2.24. The second-order valence-corrected chi connectivity index (χ2v) is 5.44. The SMILES string of the molecule is Cc1ccc(CC(=O)OCC(=O)Nc2ccc3c(c2)OCO3)cc1. The second-order valence-electron chi connectivity index (χ2n) is 5.44. The number of hydrogen-bond donors (Lipinski definition) is 1. The van der Waals surface area contributed by atoms with Crippen molar-refractivity contribution in [2.45, 2.75) is 13.3 Å². The summed E-state index contributed by atoms with van der Waals surface area (Å²) in [5, 5.41) is 2.65. The Morgan fingerprint density at radius 3 is 2.62 bits per heavy atom. The van der Waals surface area contributed by atoms with Crippen LogP contribution in [0.5, 0.6) is 11.5 Å². The zero-order valence-corrected chi connectivity index (χ0v) is 13.2. The van der Waals surface area contributed by atoms with Crippen LogP contribution >= 0.6 is 0 Å². The highest BCUT2D eigenvalue weighted by atomic mass is 16.7. The third-order valence-corrected chi connectivity index (χ3v) is 3.49. The summed E-state index contributed by atoms with van der Waals surface area (Å²) in [5.74, 6) is 0.354. The van der Waals surface area contributed by atoms with Gasteiger partial charge in [0.25, 0.3) is 5.91 Å². The summed E-state index contributed by atoms with van der Waals surface area (Å²) in [5.41, 5.74) is 2.52. The molecule has 0 radical (unpaired) electrons. The number of fused-ring (bicyclic) bond motifs is 1. The van der Waals surface area contributed by atoms with Crippen molar-refractivity contribution >= 4 is 17.6 Å². The van der Waals surface area contributed by atoms with Crippen LogP contribution < -0.4 is 14.8 Å². The summed E-state index contributed by atoms with van der Waals surface area (Å²) in [6.45, 7) is 1.81. The van der Waals surface area contributed by atoms with Gasteiger partial charge in [0.1, 0.15) is 0 Å². The van der Waals surface area contributed by atoms with Crippen LogP contribution in [-0.2, 0) is 20.7 Å². The average molecular weight is 327 g/mol. The number of carbonyl (C=O) groups excluding carboxylic acids is 2. The fraction of sp³-hybridized carbons (Fsp3) is 0.222. The lowest BCUT2D eigenvalue weighted by Crippen LogP contribution is -2.21. The van der Waals surface area contributed by atoms with Crippen LogP contribution in [0.1, 0.15) is 11.1 Å². The molecule has 6 heteroatoms. The van der Waals surface area contributed by atoms with E-state index in [4.69, 9.17) is 14.2 Å². The van der Waals surface area contributed by atoms with E-state index in [-0.39, 0.29) is 19.8 Å². The molecule has 0 unspecified atom stereocenters. The highest BCUT2D eigenvalue weighted by Crippen LogP contribution is 2.34. The zero-order valence-electron chi connectivity index (χ0n) is 13.2. The predicted molar refractivity (Wildman–Crippen MR) is 87.0 cm³/mol. The van der Waals surface area contributed by atoms with Crippen molar-refractivity contribution in [2.24, 2.45) is 0 Å². The minimum atomic E-state index is -0.445. The van der Waals surface area contributed by atoms with Gasteiger partial charge in [-0.1, -0.05) is 29.8 Å². The van der Waals surface area contributed by atoms with E-state index in [1.54, 1.807) is 18.2 Å². The molecule has 6 nitrogen and oxygen atoms in total. The largest absolute Gasteiger partial charge is 0.455 e. The van der Waals surface area contributed by atoms with Gasteiger partial charge in [-0.05, 0) is 24.6 Å². The monoisotopic (exact) mass is 327 g/mol. The molecule has 3 rings (SSSR count). The van der Waals surface area contributed by atoms with Crippen molar-refractivity contribution in [1.29, 1.82) is 0 Å². The Bertz CT molecular complexity index is 755. The topological polar surface area (TPSA) is 73.9 Å². The first-order chi connectivity index (χ1) is 11.6. The van der Waals surface area contributed by atoms with Crippen LogP contribution in [0.4, 0.5) is 5.69 Å². The van der Waals surface area contributed by atoms with Gasteiger partial charge in [0, 0.05) is 11.8 Å². The second kappa shape index (κ2) is 7.04. The molecule has 0 spiro atoms. The summed E-state index contributed by atoms with van der Waals surface area (Å²) >= 11 is 0. The van der Waals surface area contributed by atoms with E-state index in [1.165, 1.54) is 0 Å². The molecule has 0 saturated heterocycles. The number of nitrogens with one attached hydrogen (secondary N) is 1. The minimum absolute atomic E-state index is 0.136. The molecule has 124 valence electrons. The summed E-state index contributed by atoms with van der Waals surface area (Å²) in [7, 11) is 0. The zero-order chi connectivity index (χ0) is 16.9. The number of carbonyl (C=O) groups is 2. The Hall–Kier alpha value is -3.02. The standard InChI is InChI=1S/C18H17NO5/c1-12-2-4-13(5-3-12)8-18(21)22-10-17(20)19-14-6-7-15-16(9-14)24-11-23-15/h2-7,9H,8,10-11H2,1H3,(H,19,20). The summed E-state index contributed by atoms with van der Waals surface area (Å²) in [4.78, 5) is 23.6. The number of esters is 1. The smallest absolute Gasteiger partial charge is 0.310 e. The normalized spacial score (nSPS) is 11.9. The maximum atomic E-state index is 11.9. The highest BCUT2D eigenvalue weighted by molar-refractivity contribution is 5.93. The molecule has 0 saturated carbocycles. The van der Waals surface area contributed by atoms with E-state index >= 15 is 0 Å². The number of anilines is 1. The number of rotatable bonds is 5. The average Bonchev–Trinajstić information content (AvgIpc) is 3.03. The third-order valence-electron chi connectivity index (χ3n) is 3.49. The molecule has 0 atom stereocenters. The lowest BCUT2D eigenvalue weighted by atomic mass is 10.1. The maximum Gasteiger partial charge on any atom is 0.310 e. The number of amides is 1. The quantitative estimate of drug-likeness (QED) is 0.854. The molecule has 0 fully saturated rings. The van der Waals surface area contributed by atoms with Crippen LogP contribution in [0.2, 0.25) is 0 Å². The first-order valence-electron chi connectivity index (χ1n) is 7.51. The molecule has 0 bridgehead atoms. The van der Waals surface area contributed by atoms with E-state index in [0.29, 0.717) is 17.2 Å². The van der Waals surface area contributed by atoms with E-state index in [9.17, 15) is 9.59 Å². The van der Waals surface area contributed by atoms with Crippen molar-refractivity contribution in [3.63, 3.8) is 0 Å². The first kappa shape index (κ1) is 15.9. The van der Waals surface area contributed by atoms with Gasteiger partial charge in [0.05, 0.1) is 6.42 Å². The molecule has 0 aliphatic carbocycles. The molecule has 2 aromatic carbocycles. The number of hydrogen-bond acceptors (Lipinski definition) is 5.